The number of anilines is 1. The van der Waals surface area contributed by atoms with Crippen LogP contribution in [0, 0.1) is 5.92 Å². The lowest BCUT2D eigenvalue weighted by Gasteiger charge is -2.33. The van der Waals surface area contributed by atoms with E-state index in [9.17, 15) is 23.5 Å². The summed E-state index contributed by atoms with van der Waals surface area (Å²) < 4.78 is 32.1. The van der Waals surface area contributed by atoms with E-state index in [1.165, 1.54) is 6.07 Å². The molecule has 2 aliphatic rings. The second-order valence-electron chi connectivity index (χ2n) is 10.3. The van der Waals surface area contributed by atoms with E-state index in [1.807, 2.05) is 11.0 Å². The van der Waals surface area contributed by atoms with Gasteiger partial charge in [0, 0.05) is 37.2 Å². The molecular formula is C25H32F2N6O4. The van der Waals surface area contributed by atoms with Crippen molar-refractivity contribution < 1.29 is 28.2 Å². The topological polar surface area (TPSA) is 144 Å². The molecule has 1 aliphatic carbocycles. The molecule has 0 radical (unpaired) electrons. The monoisotopic (exact) mass is 518 g/mol. The van der Waals surface area contributed by atoms with Gasteiger partial charge >= 0.3 is 6.01 Å². The summed E-state index contributed by atoms with van der Waals surface area (Å²) in [7, 11) is 0. The van der Waals surface area contributed by atoms with Gasteiger partial charge in [0.1, 0.15) is 23.8 Å². The second kappa shape index (κ2) is 10.2. The van der Waals surface area contributed by atoms with Crippen molar-refractivity contribution in [2.75, 3.05) is 24.6 Å². The number of carbonyl (C=O) groups is 2. The molecule has 2 atom stereocenters. The number of hydrogen-bond donors (Lipinski definition) is 3. The van der Waals surface area contributed by atoms with Crippen LogP contribution in [0.1, 0.15) is 72.6 Å². The van der Waals surface area contributed by atoms with Crippen molar-refractivity contribution in [3.05, 3.63) is 41.3 Å². The highest BCUT2D eigenvalue weighted by molar-refractivity contribution is 5.93. The van der Waals surface area contributed by atoms with E-state index in [-0.39, 0.29) is 36.3 Å². The minimum atomic E-state index is -2.75. The Balaban J connectivity index is 1.50. The molecule has 0 bridgehead atoms. The first-order chi connectivity index (χ1) is 17.3. The molecule has 2 aromatic rings. The molecule has 3 heterocycles. The Kier molecular flexibility index (Phi) is 7.31. The predicted molar refractivity (Wildman–Crippen MR) is 131 cm³/mol. The third-order valence-corrected chi connectivity index (χ3v) is 6.96. The van der Waals surface area contributed by atoms with E-state index in [2.05, 4.69) is 20.3 Å². The lowest BCUT2D eigenvalue weighted by atomic mass is 9.93. The number of hydrogen-bond acceptors (Lipinski definition) is 8. The normalized spacial score (nSPS) is 20.3. The zero-order valence-electron chi connectivity index (χ0n) is 21.1. The molecule has 1 aliphatic heterocycles. The van der Waals surface area contributed by atoms with Gasteiger partial charge in [0.05, 0.1) is 17.6 Å². The molecule has 1 unspecified atom stereocenters. The van der Waals surface area contributed by atoms with Crippen molar-refractivity contribution in [2.45, 2.75) is 63.5 Å². The quantitative estimate of drug-likeness (QED) is 0.459. The van der Waals surface area contributed by atoms with Gasteiger partial charge in [0.25, 0.3) is 17.7 Å². The minimum Gasteiger partial charge on any atom is -0.463 e. The van der Waals surface area contributed by atoms with Crippen LogP contribution in [0.4, 0.5) is 14.6 Å². The lowest BCUT2D eigenvalue weighted by molar-refractivity contribution is 0.0407. The van der Waals surface area contributed by atoms with Gasteiger partial charge in [0.15, 0.2) is 0 Å². The average Bonchev–Trinajstić information content (AvgIpc) is 3.48. The number of nitrogens with one attached hydrogen (secondary N) is 1. The van der Waals surface area contributed by atoms with Gasteiger partial charge in [-0.25, -0.2) is 13.8 Å². The molecule has 200 valence electrons. The van der Waals surface area contributed by atoms with Crippen molar-refractivity contribution in [2.24, 2.45) is 11.7 Å². The summed E-state index contributed by atoms with van der Waals surface area (Å²) in [6.07, 6.45) is 1.17. The molecule has 2 aromatic heterocycles. The molecule has 12 heteroatoms. The molecular weight excluding hydrogens is 486 g/mol. The van der Waals surface area contributed by atoms with Crippen molar-refractivity contribution in [1.82, 2.24) is 20.3 Å². The maximum Gasteiger partial charge on any atom is 0.319 e. The highest BCUT2D eigenvalue weighted by atomic mass is 19.3. The Labute approximate surface area is 213 Å². The number of ether oxygens (including phenoxy) is 1. The minimum absolute atomic E-state index is 0.0107. The van der Waals surface area contributed by atoms with Gasteiger partial charge in [-0.2, -0.15) is 9.97 Å². The molecule has 10 nitrogen and oxygen atoms in total. The van der Waals surface area contributed by atoms with Gasteiger partial charge in [-0.05, 0) is 45.7 Å². The van der Waals surface area contributed by atoms with Crippen LogP contribution < -0.4 is 20.7 Å². The Bertz CT molecular complexity index is 1160. The summed E-state index contributed by atoms with van der Waals surface area (Å²) in [6.45, 7) is 5.72. The molecule has 0 aromatic carbocycles. The van der Waals surface area contributed by atoms with Crippen molar-refractivity contribution in [3.63, 3.8) is 0 Å². The number of carbonyl (C=O) groups excluding carboxylic acids is 2. The molecule has 1 saturated heterocycles. The largest absolute Gasteiger partial charge is 0.463 e. The van der Waals surface area contributed by atoms with Crippen LogP contribution in [0.2, 0.25) is 0 Å². The average molecular weight is 519 g/mol. The van der Waals surface area contributed by atoms with Crippen LogP contribution in [0.3, 0.4) is 0 Å². The van der Waals surface area contributed by atoms with E-state index in [4.69, 9.17) is 10.5 Å². The van der Waals surface area contributed by atoms with E-state index in [0.717, 1.165) is 5.69 Å². The van der Waals surface area contributed by atoms with E-state index in [1.54, 1.807) is 32.9 Å². The van der Waals surface area contributed by atoms with Gasteiger partial charge in [-0.15, -0.1) is 0 Å². The zero-order chi connectivity index (χ0) is 27.0. The fourth-order valence-electron chi connectivity index (χ4n) is 4.05. The third-order valence-electron chi connectivity index (χ3n) is 6.96. The summed E-state index contributed by atoms with van der Waals surface area (Å²) in [5.74, 6) is -4.22. The Morgan fingerprint density at radius 2 is 1.92 bits per heavy atom. The van der Waals surface area contributed by atoms with Crippen LogP contribution >= 0.6 is 0 Å². The second-order valence-corrected chi connectivity index (χ2v) is 10.3. The number of piperidine rings is 1. The number of rotatable bonds is 9. The van der Waals surface area contributed by atoms with Crippen LogP contribution in [0.5, 0.6) is 6.01 Å². The van der Waals surface area contributed by atoms with Crippen molar-refractivity contribution >= 4 is 17.6 Å². The zero-order valence-corrected chi connectivity index (χ0v) is 21.1. The summed E-state index contributed by atoms with van der Waals surface area (Å²) in [5.41, 5.74) is 5.21. The SMILES string of the molecule is C[C@@H](NC(=O)c1cc(N2CCC(c3cccc(C(N)=O)n3)CC2)nc(OCC2CC2(F)F)n1)C(C)(C)O. The smallest absolute Gasteiger partial charge is 0.319 e. The number of aliphatic hydroxyl groups is 1. The molecule has 0 spiro atoms. The molecule has 2 fully saturated rings. The number of nitrogens with zero attached hydrogens (tertiary/aromatic N) is 4. The number of aromatic nitrogens is 3. The lowest BCUT2D eigenvalue weighted by Crippen LogP contribution is -2.47. The van der Waals surface area contributed by atoms with Crippen molar-refractivity contribution in [3.8, 4) is 6.01 Å². The fraction of sp³-hybridized carbons (Fsp3) is 0.560. The van der Waals surface area contributed by atoms with Gasteiger partial charge in [-0.1, -0.05) is 6.07 Å². The maximum atomic E-state index is 13.3. The van der Waals surface area contributed by atoms with Gasteiger partial charge in [0.2, 0.25) is 0 Å². The molecule has 37 heavy (non-hydrogen) atoms. The van der Waals surface area contributed by atoms with E-state index < -0.39 is 35.3 Å². The number of halogens is 2. The highest BCUT2D eigenvalue weighted by Crippen LogP contribution is 2.48. The predicted octanol–water partition coefficient (Wildman–Crippen LogP) is 2.28. The van der Waals surface area contributed by atoms with E-state index >= 15 is 0 Å². The molecule has 4 rings (SSSR count). The van der Waals surface area contributed by atoms with Crippen LogP contribution in [-0.2, 0) is 0 Å². The number of alkyl halides is 2. The van der Waals surface area contributed by atoms with Crippen LogP contribution in [-0.4, -0.2) is 69.1 Å². The molecule has 4 N–H and O–H groups in total. The third kappa shape index (κ3) is 6.48. The number of amides is 2. The molecule has 1 saturated carbocycles. The first-order valence-corrected chi connectivity index (χ1v) is 12.3. The Morgan fingerprint density at radius 3 is 2.51 bits per heavy atom. The summed E-state index contributed by atoms with van der Waals surface area (Å²) >= 11 is 0. The number of pyridine rings is 1. The highest BCUT2D eigenvalue weighted by Gasteiger charge is 2.57. The van der Waals surface area contributed by atoms with Gasteiger partial charge < -0.3 is 25.8 Å². The first-order valence-electron chi connectivity index (χ1n) is 12.3. The summed E-state index contributed by atoms with van der Waals surface area (Å²) in [6, 6.07) is 5.99. The van der Waals surface area contributed by atoms with Crippen molar-refractivity contribution in [1.29, 1.82) is 0 Å². The number of nitrogens with two attached hydrogens (primary N) is 1. The fourth-order valence-corrected chi connectivity index (χ4v) is 4.05. The van der Waals surface area contributed by atoms with Gasteiger partial charge in [-0.3, -0.25) is 9.59 Å². The van der Waals surface area contributed by atoms with Crippen LogP contribution in [0.15, 0.2) is 24.3 Å². The molecule has 2 amide bonds. The Morgan fingerprint density at radius 1 is 1.24 bits per heavy atom. The number of primary amides is 1. The maximum absolute atomic E-state index is 13.3. The summed E-state index contributed by atoms with van der Waals surface area (Å²) in [4.78, 5) is 39.3. The van der Waals surface area contributed by atoms with Crippen LogP contribution in [0.25, 0.3) is 0 Å². The van der Waals surface area contributed by atoms with E-state index in [0.29, 0.717) is 31.7 Å². The first kappa shape index (κ1) is 26.6. The Hall–Kier alpha value is -3.41. The summed E-state index contributed by atoms with van der Waals surface area (Å²) in [5, 5.41) is 12.9. The standard InChI is InChI=1S/C25H32F2N6O4/c1-14(24(2,3)36)29-22(35)19-11-20(32-23(31-19)37-13-16-12-25(16,26)27)33-9-7-15(8-10-33)17-5-4-6-18(30-17)21(28)34/h4-6,11,14-16,36H,7-10,12-13H2,1-3H3,(H2,28,34)(H,29,35)/t14-,16?/m1/s1.